The summed E-state index contributed by atoms with van der Waals surface area (Å²) >= 11 is 1.42. The van der Waals surface area contributed by atoms with Crippen molar-refractivity contribution < 1.29 is 9.21 Å². The van der Waals surface area contributed by atoms with Crippen molar-refractivity contribution in [3.05, 3.63) is 28.1 Å². The zero-order chi connectivity index (χ0) is 14.8. The molecule has 2 heterocycles. The highest BCUT2D eigenvalue weighted by Crippen LogP contribution is 2.20. The zero-order valence-corrected chi connectivity index (χ0v) is 12.5. The summed E-state index contributed by atoms with van der Waals surface area (Å²) in [6.07, 6.45) is 0.799. The van der Waals surface area contributed by atoms with Crippen LogP contribution in [0.25, 0.3) is 10.8 Å². The smallest absolute Gasteiger partial charge is 0.387 e. The Balaban J connectivity index is 2.11. The van der Waals surface area contributed by atoms with Crippen LogP contribution in [-0.4, -0.2) is 21.2 Å². The van der Waals surface area contributed by atoms with Gasteiger partial charge in [-0.15, -0.1) is 16.4 Å². The molecule has 0 aromatic carbocycles. The Bertz CT molecular complexity index is 640. The third kappa shape index (κ3) is 3.36. The molecule has 108 valence electrons. The lowest BCUT2D eigenvalue weighted by molar-refractivity contribution is -0.123. The Morgan fingerprint density at radius 1 is 1.55 bits per heavy atom. The molecule has 1 amide bonds. The summed E-state index contributed by atoms with van der Waals surface area (Å²) in [6.45, 7) is 5.69. The summed E-state index contributed by atoms with van der Waals surface area (Å²) in [5.41, 5.74) is -0.305. The predicted molar refractivity (Wildman–Crippen MR) is 76.6 cm³/mol. The number of nitrogens with zero attached hydrogens (tertiary/aromatic N) is 2. The molecule has 0 radical (unpaired) electrons. The average Bonchev–Trinajstić information content (AvgIpc) is 2.99. The quantitative estimate of drug-likeness (QED) is 0.913. The molecule has 0 spiro atoms. The molecule has 2 aromatic heterocycles. The first-order valence-electron chi connectivity index (χ1n) is 6.34. The molecule has 7 heteroatoms. The maximum atomic E-state index is 11.9. The lowest BCUT2D eigenvalue weighted by Crippen LogP contribution is -2.45. The van der Waals surface area contributed by atoms with Crippen molar-refractivity contribution in [2.24, 2.45) is 0 Å². The van der Waals surface area contributed by atoms with Crippen LogP contribution < -0.4 is 11.1 Å². The maximum Gasteiger partial charge on any atom is 0.437 e. The van der Waals surface area contributed by atoms with Crippen LogP contribution in [0.1, 0.15) is 27.2 Å². The van der Waals surface area contributed by atoms with Crippen molar-refractivity contribution in [2.45, 2.75) is 39.3 Å². The second kappa shape index (κ2) is 5.62. The number of thiophene rings is 1. The number of aromatic nitrogens is 2. The first-order chi connectivity index (χ1) is 9.41. The fourth-order valence-corrected chi connectivity index (χ4v) is 2.19. The van der Waals surface area contributed by atoms with Gasteiger partial charge in [0, 0.05) is 5.54 Å². The Labute approximate surface area is 120 Å². The second-order valence-corrected chi connectivity index (χ2v) is 6.04. The molecule has 6 nitrogen and oxygen atoms in total. The van der Waals surface area contributed by atoms with E-state index in [0.29, 0.717) is 0 Å². The second-order valence-electron chi connectivity index (χ2n) is 5.09. The van der Waals surface area contributed by atoms with Crippen LogP contribution in [0.3, 0.4) is 0 Å². The molecular formula is C13H17N3O3S. The molecule has 0 aliphatic carbocycles. The van der Waals surface area contributed by atoms with Crippen LogP contribution in [0.2, 0.25) is 0 Å². The predicted octanol–water partition coefficient (Wildman–Crippen LogP) is 1.87. The van der Waals surface area contributed by atoms with Crippen molar-refractivity contribution in [2.75, 3.05) is 0 Å². The van der Waals surface area contributed by atoms with Gasteiger partial charge >= 0.3 is 5.76 Å². The van der Waals surface area contributed by atoms with E-state index < -0.39 is 5.76 Å². The number of amides is 1. The van der Waals surface area contributed by atoms with Crippen molar-refractivity contribution in [1.29, 1.82) is 0 Å². The molecule has 20 heavy (non-hydrogen) atoms. The highest BCUT2D eigenvalue weighted by Gasteiger charge is 2.20. The van der Waals surface area contributed by atoms with E-state index in [0.717, 1.165) is 16.0 Å². The molecule has 2 aromatic rings. The normalized spacial score (nSPS) is 11.6. The average molecular weight is 295 g/mol. The molecule has 0 saturated carbocycles. The first kappa shape index (κ1) is 14.5. The minimum absolute atomic E-state index is 0.142. The molecule has 0 unspecified atom stereocenters. The summed E-state index contributed by atoms with van der Waals surface area (Å²) in [4.78, 5) is 24.3. The van der Waals surface area contributed by atoms with Crippen LogP contribution >= 0.6 is 11.3 Å². The van der Waals surface area contributed by atoms with Crippen LogP contribution in [0.5, 0.6) is 0 Å². The van der Waals surface area contributed by atoms with Gasteiger partial charge < -0.3 is 9.73 Å². The minimum Gasteiger partial charge on any atom is -0.387 e. The molecule has 0 bridgehead atoms. The summed E-state index contributed by atoms with van der Waals surface area (Å²) in [6, 6.07) is 3.65. The molecule has 0 saturated heterocycles. The van der Waals surface area contributed by atoms with Gasteiger partial charge in [0.05, 0.1) is 4.88 Å². The van der Waals surface area contributed by atoms with Gasteiger partial charge in [0.1, 0.15) is 6.54 Å². The maximum absolute atomic E-state index is 11.9. The van der Waals surface area contributed by atoms with Crippen LogP contribution in [0, 0.1) is 0 Å². The number of hydrogen-bond acceptors (Lipinski definition) is 5. The summed E-state index contributed by atoms with van der Waals surface area (Å²) in [7, 11) is 0. The minimum atomic E-state index is -0.627. The third-order valence-electron chi connectivity index (χ3n) is 2.99. The molecule has 0 atom stereocenters. The van der Waals surface area contributed by atoms with Gasteiger partial charge in [-0.3, -0.25) is 4.79 Å². The number of carbonyl (C=O) groups excluding carboxylic acids is 1. The summed E-state index contributed by atoms with van der Waals surface area (Å²) in [5.74, 6) is -0.643. The van der Waals surface area contributed by atoms with E-state index >= 15 is 0 Å². The topological polar surface area (TPSA) is 77.1 Å². The zero-order valence-electron chi connectivity index (χ0n) is 11.7. The molecule has 0 fully saturated rings. The van der Waals surface area contributed by atoms with Crippen molar-refractivity contribution in [1.82, 2.24) is 15.1 Å². The number of hydrogen-bond donors (Lipinski definition) is 1. The Kier molecular flexibility index (Phi) is 4.08. The van der Waals surface area contributed by atoms with Crippen LogP contribution in [-0.2, 0) is 11.3 Å². The van der Waals surface area contributed by atoms with E-state index in [-0.39, 0.29) is 23.9 Å². The highest BCUT2D eigenvalue weighted by molar-refractivity contribution is 7.13. The van der Waals surface area contributed by atoms with E-state index in [4.69, 9.17) is 4.42 Å². The molecule has 0 aliphatic heterocycles. The Hall–Kier alpha value is -1.89. The van der Waals surface area contributed by atoms with Gasteiger partial charge in [-0.2, -0.15) is 4.68 Å². The Morgan fingerprint density at radius 3 is 2.90 bits per heavy atom. The fraction of sp³-hybridized carbons (Fsp3) is 0.462. The monoisotopic (exact) mass is 295 g/mol. The molecular weight excluding hydrogens is 278 g/mol. The molecule has 2 rings (SSSR count). The van der Waals surface area contributed by atoms with Gasteiger partial charge in [-0.1, -0.05) is 13.0 Å². The van der Waals surface area contributed by atoms with E-state index in [1.165, 1.54) is 11.3 Å². The first-order valence-corrected chi connectivity index (χ1v) is 7.22. The van der Waals surface area contributed by atoms with Crippen molar-refractivity contribution in [3.8, 4) is 10.8 Å². The van der Waals surface area contributed by atoms with E-state index in [1.807, 2.05) is 32.2 Å². The van der Waals surface area contributed by atoms with E-state index in [1.54, 1.807) is 6.07 Å². The number of rotatable bonds is 5. The lowest BCUT2D eigenvalue weighted by Gasteiger charge is -2.24. The number of carbonyl (C=O) groups is 1. The molecule has 1 N–H and O–H groups in total. The Morgan fingerprint density at radius 2 is 2.30 bits per heavy atom. The largest absolute Gasteiger partial charge is 0.437 e. The van der Waals surface area contributed by atoms with Gasteiger partial charge in [0.2, 0.25) is 5.91 Å². The van der Waals surface area contributed by atoms with Crippen LogP contribution in [0.4, 0.5) is 0 Å². The summed E-state index contributed by atoms with van der Waals surface area (Å²) < 4.78 is 6.08. The van der Waals surface area contributed by atoms with Gasteiger partial charge in [-0.25, -0.2) is 4.79 Å². The van der Waals surface area contributed by atoms with Gasteiger partial charge in [-0.05, 0) is 31.7 Å². The van der Waals surface area contributed by atoms with Crippen LogP contribution in [0.15, 0.2) is 26.7 Å². The summed E-state index contributed by atoms with van der Waals surface area (Å²) in [5, 5.41) is 8.75. The number of nitrogens with one attached hydrogen (secondary N) is 1. The third-order valence-corrected chi connectivity index (χ3v) is 3.85. The highest BCUT2D eigenvalue weighted by atomic mass is 32.1. The van der Waals surface area contributed by atoms with E-state index in [9.17, 15) is 9.59 Å². The SMILES string of the molecule is CCC(C)(C)NC(=O)Cn1nc(-c2cccs2)oc1=O. The standard InChI is InChI=1S/C13H17N3O3S/c1-4-13(2,3)14-10(17)8-16-12(18)19-11(15-16)9-6-5-7-20-9/h5-7H,4,8H2,1-3H3,(H,14,17). The lowest BCUT2D eigenvalue weighted by atomic mass is 10.0. The fourth-order valence-electron chi connectivity index (χ4n) is 1.55. The van der Waals surface area contributed by atoms with E-state index in [2.05, 4.69) is 10.4 Å². The molecule has 0 aliphatic rings. The van der Waals surface area contributed by atoms with Crippen molar-refractivity contribution in [3.63, 3.8) is 0 Å². The van der Waals surface area contributed by atoms with Gasteiger partial charge in [0.25, 0.3) is 5.89 Å². The van der Waals surface area contributed by atoms with Crippen molar-refractivity contribution >= 4 is 17.2 Å². The van der Waals surface area contributed by atoms with Gasteiger partial charge in [0.15, 0.2) is 0 Å².